The van der Waals surface area contributed by atoms with Crippen molar-refractivity contribution < 1.29 is 14.3 Å². The highest BCUT2D eigenvalue weighted by molar-refractivity contribution is 5.82. The quantitative estimate of drug-likeness (QED) is 0.761. The summed E-state index contributed by atoms with van der Waals surface area (Å²) in [5, 5.41) is 7.66. The third-order valence-electron chi connectivity index (χ3n) is 6.48. The molecule has 0 radical (unpaired) electrons. The SMILES string of the molecule is COCCn1nccc1C12CCC(C1)C2C(=O)NCc1cc(C)cc(OC)c1. The largest absolute Gasteiger partial charge is 0.497 e. The Bertz CT molecular complexity index is 858. The van der Waals surface area contributed by atoms with Gasteiger partial charge in [0, 0.05) is 31.0 Å². The van der Waals surface area contributed by atoms with Gasteiger partial charge < -0.3 is 14.8 Å². The van der Waals surface area contributed by atoms with Crippen LogP contribution in [0.2, 0.25) is 0 Å². The van der Waals surface area contributed by atoms with Crippen molar-refractivity contribution in [2.45, 2.75) is 44.7 Å². The molecule has 1 N–H and O–H groups in total. The molecule has 2 bridgehead atoms. The average molecular weight is 383 g/mol. The fourth-order valence-corrected chi connectivity index (χ4v) is 5.28. The van der Waals surface area contributed by atoms with Gasteiger partial charge >= 0.3 is 0 Å². The summed E-state index contributed by atoms with van der Waals surface area (Å²) >= 11 is 0. The third kappa shape index (κ3) is 3.20. The van der Waals surface area contributed by atoms with E-state index in [1.807, 2.05) is 29.9 Å². The number of aromatic nitrogens is 2. The fourth-order valence-electron chi connectivity index (χ4n) is 5.28. The molecular formula is C22H29N3O3. The van der Waals surface area contributed by atoms with Crippen LogP contribution in [0.25, 0.3) is 0 Å². The molecule has 28 heavy (non-hydrogen) atoms. The minimum atomic E-state index is -0.0662. The Balaban J connectivity index is 1.48. The summed E-state index contributed by atoms with van der Waals surface area (Å²) in [5.74, 6) is 1.51. The first-order chi connectivity index (χ1) is 13.6. The Kier molecular flexibility index (Phi) is 5.15. The molecule has 1 aromatic carbocycles. The minimum absolute atomic E-state index is 0.0391. The molecule has 0 spiro atoms. The zero-order chi connectivity index (χ0) is 19.7. The van der Waals surface area contributed by atoms with Crippen molar-refractivity contribution in [1.29, 1.82) is 0 Å². The Morgan fingerprint density at radius 3 is 2.96 bits per heavy atom. The second kappa shape index (κ2) is 7.59. The number of benzene rings is 1. The number of rotatable bonds is 8. The minimum Gasteiger partial charge on any atom is -0.497 e. The summed E-state index contributed by atoms with van der Waals surface area (Å²) in [4.78, 5) is 13.1. The number of aryl methyl sites for hydroxylation is 1. The molecule has 0 saturated heterocycles. The maximum Gasteiger partial charge on any atom is 0.224 e. The number of methoxy groups -OCH3 is 2. The van der Waals surface area contributed by atoms with Gasteiger partial charge in [-0.05, 0) is 61.4 Å². The predicted octanol–water partition coefficient (Wildman–Crippen LogP) is 2.83. The fraction of sp³-hybridized carbons (Fsp3) is 0.545. The van der Waals surface area contributed by atoms with E-state index in [0.717, 1.165) is 42.7 Å². The molecule has 6 nitrogen and oxygen atoms in total. The highest BCUT2D eigenvalue weighted by Gasteiger charge is 2.63. The van der Waals surface area contributed by atoms with E-state index in [9.17, 15) is 4.79 Å². The maximum atomic E-state index is 13.1. The van der Waals surface area contributed by atoms with E-state index < -0.39 is 0 Å². The van der Waals surface area contributed by atoms with Crippen LogP contribution in [0.3, 0.4) is 0 Å². The number of ether oxygens (including phenoxy) is 2. The molecule has 3 fully saturated rings. The molecule has 5 rings (SSSR count). The first-order valence-electron chi connectivity index (χ1n) is 10.0. The van der Waals surface area contributed by atoms with Crippen LogP contribution >= 0.6 is 0 Å². The van der Waals surface area contributed by atoms with Crippen LogP contribution in [0.5, 0.6) is 5.75 Å². The standard InChI is InChI=1S/C22H29N3O3/c1-15-10-16(12-18(11-15)28-3)14-23-21(26)20-17-4-6-22(20,13-17)19-5-7-24-25(19)8-9-27-2/h5,7,10-12,17,20H,4,6,8-9,13-14H2,1-3H3,(H,23,26). The number of hydrogen-bond acceptors (Lipinski definition) is 4. The maximum absolute atomic E-state index is 13.1. The Labute approximate surface area is 166 Å². The van der Waals surface area contributed by atoms with Crippen LogP contribution in [-0.4, -0.2) is 36.5 Å². The number of carbonyl (C=O) groups excluding carboxylic acids is 1. The van der Waals surface area contributed by atoms with Gasteiger partial charge in [-0.25, -0.2) is 0 Å². The molecule has 1 heterocycles. The summed E-state index contributed by atoms with van der Waals surface area (Å²) in [6.07, 6.45) is 5.11. The van der Waals surface area contributed by atoms with Gasteiger partial charge in [0.15, 0.2) is 0 Å². The van der Waals surface area contributed by atoms with E-state index in [2.05, 4.69) is 22.5 Å². The van der Waals surface area contributed by atoms with Crippen LogP contribution < -0.4 is 10.1 Å². The van der Waals surface area contributed by atoms with Crippen molar-refractivity contribution in [3.63, 3.8) is 0 Å². The first-order valence-corrected chi connectivity index (χ1v) is 10.0. The Hall–Kier alpha value is -2.34. The van der Waals surface area contributed by atoms with E-state index in [0.29, 0.717) is 19.1 Å². The van der Waals surface area contributed by atoms with Gasteiger partial charge in [0.2, 0.25) is 5.91 Å². The third-order valence-corrected chi connectivity index (χ3v) is 6.48. The van der Waals surface area contributed by atoms with Crippen molar-refractivity contribution in [3.05, 3.63) is 47.3 Å². The van der Waals surface area contributed by atoms with Crippen molar-refractivity contribution in [3.8, 4) is 5.75 Å². The molecule has 3 unspecified atom stereocenters. The van der Waals surface area contributed by atoms with Gasteiger partial charge in [0.05, 0.1) is 26.2 Å². The number of nitrogens with one attached hydrogen (secondary N) is 1. The summed E-state index contributed by atoms with van der Waals surface area (Å²) < 4.78 is 12.6. The molecule has 0 aliphatic heterocycles. The van der Waals surface area contributed by atoms with Crippen LogP contribution in [0.4, 0.5) is 0 Å². The molecule has 6 heteroatoms. The lowest BCUT2D eigenvalue weighted by Gasteiger charge is -2.46. The van der Waals surface area contributed by atoms with E-state index >= 15 is 0 Å². The second-order valence-corrected chi connectivity index (χ2v) is 8.15. The highest BCUT2D eigenvalue weighted by atomic mass is 16.5. The molecule has 150 valence electrons. The number of hydrogen-bond donors (Lipinski definition) is 1. The number of amides is 1. The van der Waals surface area contributed by atoms with Crippen molar-refractivity contribution in [2.24, 2.45) is 11.8 Å². The lowest BCUT2D eigenvalue weighted by atomic mass is 9.58. The lowest BCUT2D eigenvalue weighted by molar-refractivity contribution is -0.133. The van der Waals surface area contributed by atoms with Gasteiger partial charge in [-0.3, -0.25) is 9.48 Å². The predicted molar refractivity (Wildman–Crippen MR) is 106 cm³/mol. The number of carbonyl (C=O) groups is 1. The topological polar surface area (TPSA) is 65.4 Å². The lowest BCUT2D eigenvalue weighted by Crippen LogP contribution is -2.53. The van der Waals surface area contributed by atoms with Crippen LogP contribution in [0, 0.1) is 18.8 Å². The van der Waals surface area contributed by atoms with Crippen LogP contribution in [0.1, 0.15) is 36.1 Å². The zero-order valence-corrected chi connectivity index (χ0v) is 16.9. The molecule has 1 aromatic heterocycles. The van der Waals surface area contributed by atoms with Gasteiger partial charge in [-0.2, -0.15) is 5.10 Å². The van der Waals surface area contributed by atoms with Crippen LogP contribution in [-0.2, 0) is 28.0 Å². The monoisotopic (exact) mass is 383 g/mol. The summed E-state index contributed by atoms with van der Waals surface area (Å²) in [6, 6.07) is 8.16. The van der Waals surface area contributed by atoms with E-state index in [4.69, 9.17) is 9.47 Å². The second-order valence-electron chi connectivity index (χ2n) is 8.15. The van der Waals surface area contributed by atoms with Gasteiger partial charge in [-0.15, -0.1) is 0 Å². The average Bonchev–Trinajstić information content (AvgIpc) is 3.38. The first kappa shape index (κ1) is 19.0. The van der Waals surface area contributed by atoms with E-state index in [1.165, 1.54) is 5.69 Å². The normalized spacial score (nSPS) is 25.4. The number of nitrogens with zero attached hydrogens (tertiary/aromatic N) is 2. The van der Waals surface area contributed by atoms with Crippen molar-refractivity contribution in [2.75, 3.05) is 20.8 Å². The molecule has 3 atom stereocenters. The van der Waals surface area contributed by atoms with Gasteiger partial charge in [-0.1, -0.05) is 6.07 Å². The zero-order valence-electron chi connectivity index (χ0n) is 16.9. The smallest absolute Gasteiger partial charge is 0.224 e. The van der Waals surface area contributed by atoms with E-state index in [1.54, 1.807) is 14.2 Å². The molecule has 1 amide bonds. The molecule has 3 aliphatic carbocycles. The summed E-state index contributed by atoms with van der Waals surface area (Å²) in [5.41, 5.74) is 3.32. The highest BCUT2D eigenvalue weighted by Crippen LogP contribution is 2.63. The molecular weight excluding hydrogens is 354 g/mol. The number of fused-ring (bicyclic) bond motifs is 1. The molecule has 3 saturated carbocycles. The van der Waals surface area contributed by atoms with Crippen molar-refractivity contribution >= 4 is 5.91 Å². The molecule has 2 aromatic rings. The molecule has 3 aliphatic rings. The Morgan fingerprint density at radius 2 is 2.21 bits per heavy atom. The van der Waals surface area contributed by atoms with Crippen molar-refractivity contribution in [1.82, 2.24) is 15.1 Å². The van der Waals surface area contributed by atoms with Gasteiger partial charge in [0.1, 0.15) is 5.75 Å². The van der Waals surface area contributed by atoms with E-state index in [-0.39, 0.29) is 17.2 Å². The summed E-state index contributed by atoms with van der Waals surface area (Å²) in [6.45, 7) is 3.91. The Morgan fingerprint density at radius 1 is 1.36 bits per heavy atom. The van der Waals surface area contributed by atoms with Gasteiger partial charge in [0.25, 0.3) is 0 Å². The summed E-state index contributed by atoms with van der Waals surface area (Å²) in [7, 11) is 3.37. The van der Waals surface area contributed by atoms with Crippen LogP contribution in [0.15, 0.2) is 30.5 Å².